The maximum Gasteiger partial charge on any atom is 0.263 e. The average Bonchev–Trinajstić information content (AvgIpc) is 2.65. The fourth-order valence-electron chi connectivity index (χ4n) is 2.88. The summed E-state index contributed by atoms with van der Waals surface area (Å²) < 4.78 is 45.5. The molecule has 1 atom stereocenters. The number of halogens is 1. The van der Waals surface area contributed by atoms with Crippen molar-refractivity contribution in [3.05, 3.63) is 71.5 Å². The number of aryl methyl sites for hydroxylation is 1. The van der Waals surface area contributed by atoms with Gasteiger partial charge in [-0.1, -0.05) is 48.5 Å². The Morgan fingerprint density at radius 2 is 1.75 bits per heavy atom. The van der Waals surface area contributed by atoms with Crippen LogP contribution in [0.2, 0.25) is 0 Å². The van der Waals surface area contributed by atoms with E-state index in [4.69, 9.17) is 9.84 Å². The maximum atomic E-state index is 12.8. The summed E-state index contributed by atoms with van der Waals surface area (Å²) in [5.74, 6) is -0.180. The number of sulfonamides is 1. The third-order valence-electron chi connectivity index (χ3n) is 4.51. The summed E-state index contributed by atoms with van der Waals surface area (Å²) in [4.78, 5) is 0. The maximum absolute atomic E-state index is 12.8. The summed E-state index contributed by atoms with van der Waals surface area (Å²) in [6, 6.07) is 16.1. The molecule has 0 spiro atoms. The normalized spacial score (nSPS) is 19.2. The second kappa shape index (κ2) is 9.80. The van der Waals surface area contributed by atoms with Crippen molar-refractivity contribution < 1.29 is 22.7 Å². The van der Waals surface area contributed by atoms with E-state index in [9.17, 15) is 12.8 Å². The first-order chi connectivity index (χ1) is 13.3. The van der Waals surface area contributed by atoms with Gasteiger partial charge in [-0.25, -0.2) is 12.8 Å². The first-order valence-electron chi connectivity index (χ1n) is 9.10. The Morgan fingerprint density at radius 3 is 2.36 bits per heavy atom. The summed E-state index contributed by atoms with van der Waals surface area (Å²) in [6.45, 7) is 3.65. The highest BCUT2D eigenvalue weighted by atomic mass is 32.2. The number of aliphatic hydroxyl groups is 1. The van der Waals surface area contributed by atoms with Gasteiger partial charge in [0.2, 0.25) is 0 Å². The second-order valence-corrected chi connectivity index (χ2v) is 8.85. The van der Waals surface area contributed by atoms with Crippen LogP contribution < -0.4 is 0 Å². The molecule has 0 bridgehead atoms. The van der Waals surface area contributed by atoms with Gasteiger partial charge in [-0.05, 0) is 50.3 Å². The van der Waals surface area contributed by atoms with Gasteiger partial charge in [0.05, 0.1) is 0 Å². The number of aliphatic hydroxyl groups excluding tert-OH is 1. The quantitative estimate of drug-likeness (QED) is 0.823. The molecule has 0 saturated heterocycles. The third kappa shape index (κ3) is 6.14. The van der Waals surface area contributed by atoms with Crippen LogP contribution in [0.3, 0.4) is 0 Å². The van der Waals surface area contributed by atoms with Gasteiger partial charge < -0.3 is 9.84 Å². The minimum Gasteiger partial charge on any atom is -0.475 e. The smallest absolute Gasteiger partial charge is 0.263 e. The summed E-state index contributed by atoms with van der Waals surface area (Å²) in [5.41, 5.74) is 0.896. The molecule has 0 radical (unpaired) electrons. The van der Waals surface area contributed by atoms with E-state index in [0.717, 1.165) is 12.0 Å². The van der Waals surface area contributed by atoms with Crippen molar-refractivity contribution in [2.75, 3.05) is 6.61 Å². The minimum absolute atomic E-state index is 0.119. The summed E-state index contributed by atoms with van der Waals surface area (Å²) >= 11 is 0. The third-order valence-corrected chi connectivity index (χ3v) is 6.34. The predicted octanol–water partition coefficient (Wildman–Crippen LogP) is 3.52. The Balaban J connectivity index is 0.000000221. The van der Waals surface area contributed by atoms with E-state index in [1.165, 1.54) is 6.07 Å². The van der Waals surface area contributed by atoms with Crippen LogP contribution in [0.1, 0.15) is 31.4 Å². The molecule has 1 aliphatic heterocycles. The van der Waals surface area contributed by atoms with Crippen molar-refractivity contribution >= 4 is 16.4 Å². The number of benzene rings is 2. The van der Waals surface area contributed by atoms with Crippen LogP contribution in [0.15, 0.2) is 59.0 Å². The Kier molecular flexibility index (Phi) is 7.71. The standard InChI is InChI=1S/C12H15NO3S.C9H11FO/c1-12(2)11(17(14,15)13-9-16-12)8-10-6-4-3-5-7-10;10-9-6-2-1-4-8(9)5-3-7-11/h3-7,9,11H,8H2,1-2H3;1-2,4,6,11H,3,5,7H2. The molecule has 28 heavy (non-hydrogen) atoms. The summed E-state index contributed by atoms with van der Waals surface area (Å²) in [7, 11) is -3.48. The fourth-order valence-corrected chi connectivity index (χ4v) is 4.36. The molecule has 152 valence electrons. The van der Waals surface area contributed by atoms with E-state index >= 15 is 0 Å². The van der Waals surface area contributed by atoms with Crippen molar-refractivity contribution in [2.45, 2.75) is 44.0 Å². The molecule has 0 saturated carbocycles. The van der Waals surface area contributed by atoms with Crippen molar-refractivity contribution in [3.8, 4) is 0 Å². The van der Waals surface area contributed by atoms with Crippen LogP contribution >= 0.6 is 0 Å². The van der Waals surface area contributed by atoms with Gasteiger partial charge in [0.25, 0.3) is 10.0 Å². The number of hydrogen-bond donors (Lipinski definition) is 1. The molecular formula is C21H26FNO4S. The number of hydrogen-bond acceptors (Lipinski definition) is 4. The first kappa shape index (κ1) is 22.0. The summed E-state index contributed by atoms with van der Waals surface area (Å²) in [5, 5.41) is 7.85. The lowest BCUT2D eigenvalue weighted by atomic mass is 9.98. The van der Waals surface area contributed by atoms with Crippen LogP contribution in [-0.4, -0.2) is 37.4 Å². The highest BCUT2D eigenvalue weighted by Gasteiger charge is 2.43. The van der Waals surface area contributed by atoms with Crippen molar-refractivity contribution in [2.24, 2.45) is 4.40 Å². The molecule has 2 aromatic carbocycles. The van der Waals surface area contributed by atoms with E-state index in [1.807, 2.05) is 30.3 Å². The van der Waals surface area contributed by atoms with Crippen LogP contribution in [0.25, 0.3) is 0 Å². The Morgan fingerprint density at radius 1 is 1.11 bits per heavy atom. The van der Waals surface area contributed by atoms with E-state index in [-0.39, 0.29) is 12.4 Å². The largest absolute Gasteiger partial charge is 0.475 e. The molecule has 0 aromatic heterocycles. The highest BCUT2D eigenvalue weighted by Crippen LogP contribution is 2.28. The predicted molar refractivity (Wildman–Crippen MR) is 108 cm³/mol. The zero-order valence-corrected chi connectivity index (χ0v) is 16.9. The zero-order chi connectivity index (χ0) is 20.6. The minimum atomic E-state index is -3.48. The van der Waals surface area contributed by atoms with Crippen LogP contribution in [0, 0.1) is 5.82 Å². The molecule has 1 heterocycles. The molecular weight excluding hydrogens is 381 g/mol. The monoisotopic (exact) mass is 407 g/mol. The number of ether oxygens (including phenoxy) is 1. The Bertz CT molecular complexity index is 882. The molecule has 0 amide bonds. The Hall–Kier alpha value is -2.25. The number of nitrogens with zero attached hydrogens (tertiary/aromatic N) is 1. The van der Waals surface area contributed by atoms with Gasteiger partial charge in [0.15, 0.2) is 6.40 Å². The Labute approximate surface area is 166 Å². The first-order valence-corrected chi connectivity index (χ1v) is 10.6. The van der Waals surface area contributed by atoms with E-state index in [0.29, 0.717) is 24.8 Å². The highest BCUT2D eigenvalue weighted by molar-refractivity contribution is 7.91. The molecule has 1 N–H and O–H groups in total. The van der Waals surface area contributed by atoms with Crippen LogP contribution in [0.4, 0.5) is 4.39 Å². The van der Waals surface area contributed by atoms with Crippen molar-refractivity contribution in [3.63, 3.8) is 0 Å². The molecule has 3 rings (SSSR count). The molecule has 1 aliphatic rings. The van der Waals surface area contributed by atoms with Crippen LogP contribution in [-0.2, 0) is 27.6 Å². The number of rotatable bonds is 5. The molecule has 1 unspecified atom stereocenters. The summed E-state index contributed by atoms with van der Waals surface area (Å²) in [6.07, 6.45) is 2.68. The van der Waals surface area contributed by atoms with Gasteiger partial charge in [-0.2, -0.15) is 0 Å². The zero-order valence-electron chi connectivity index (χ0n) is 16.1. The topological polar surface area (TPSA) is 76.0 Å². The molecule has 5 nitrogen and oxygen atoms in total. The van der Waals surface area contributed by atoms with Crippen LogP contribution in [0.5, 0.6) is 0 Å². The lowest BCUT2D eigenvalue weighted by Crippen LogP contribution is -2.47. The molecule has 0 fully saturated rings. The lowest BCUT2D eigenvalue weighted by molar-refractivity contribution is 0.0942. The van der Waals surface area contributed by atoms with Gasteiger partial charge in [0.1, 0.15) is 16.7 Å². The van der Waals surface area contributed by atoms with Crippen molar-refractivity contribution in [1.29, 1.82) is 0 Å². The van der Waals surface area contributed by atoms with Crippen molar-refractivity contribution in [1.82, 2.24) is 0 Å². The molecule has 2 aromatic rings. The van der Waals surface area contributed by atoms with Gasteiger partial charge in [0, 0.05) is 6.61 Å². The fraction of sp³-hybridized carbons (Fsp3) is 0.381. The van der Waals surface area contributed by atoms with Gasteiger partial charge >= 0.3 is 0 Å². The average molecular weight is 408 g/mol. The van der Waals surface area contributed by atoms with E-state index < -0.39 is 20.9 Å². The van der Waals surface area contributed by atoms with Gasteiger partial charge in [-0.3, -0.25) is 0 Å². The van der Waals surface area contributed by atoms with Gasteiger partial charge in [-0.15, -0.1) is 4.40 Å². The van der Waals surface area contributed by atoms with E-state index in [1.54, 1.807) is 32.0 Å². The second-order valence-electron chi connectivity index (χ2n) is 7.04. The lowest BCUT2D eigenvalue weighted by Gasteiger charge is -2.34. The molecule has 0 aliphatic carbocycles. The SMILES string of the molecule is CC1(C)OC=NS(=O)(=O)C1Cc1ccccc1.OCCCc1ccccc1F. The molecule has 7 heteroatoms. The van der Waals surface area contributed by atoms with E-state index in [2.05, 4.69) is 4.40 Å².